The molecule has 0 atom stereocenters. The van der Waals surface area contributed by atoms with Crippen LogP contribution in [0.2, 0.25) is 0 Å². The van der Waals surface area contributed by atoms with Gasteiger partial charge in [0.15, 0.2) is 0 Å². The van der Waals surface area contributed by atoms with Crippen LogP contribution in [0.1, 0.15) is 2.85 Å². The second kappa shape index (κ2) is 13.1. The SMILES string of the molecule is Cl.Cl.O.O.O=P(O)(O)OP(=O)(O)O.[Ca+2].[H-].[H-]. The molecule has 0 aliphatic rings. The van der Waals surface area contributed by atoms with Gasteiger partial charge in [0.05, 0.1) is 0 Å². The van der Waals surface area contributed by atoms with Crippen LogP contribution in [0, 0.1) is 0 Å². The summed E-state index contributed by atoms with van der Waals surface area (Å²) in [6, 6.07) is 0. The summed E-state index contributed by atoms with van der Waals surface area (Å²) in [6.07, 6.45) is 0. The minimum Gasteiger partial charge on any atom is -1.00 e. The van der Waals surface area contributed by atoms with E-state index in [1.807, 2.05) is 0 Å². The maximum atomic E-state index is 9.63. The van der Waals surface area contributed by atoms with Gasteiger partial charge >= 0.3 is 53.4 Å². The van der Waals surface area contributed by atoms with E-state index in [4.69, 9.17) is 19.6 Å². The molecule has 8 N–H and O–H groups in total. The van der Waals surface area contributed by atoms with Gasteiger partial charge in [-0.05, 0) is 0 Å². The van der Waals surface area contributed by atoms with Crippen molar-refractivity contribution in [3.63, 3.8) is 0 Å². The molecule has 0 bridgehead atoms. The molecule has 0 fully saturated rings. The summed E-state index contributed by atoms with van der Waals surface area (Å²) in [5.41, 5.74) is 0. The Bertz CT molecular complexity index is 170. The van der Waals surface area contributed by atoms with Crippen LogP contribution in [0.15, 0.2) is 0 Å². The topological polar surface area (TPSA) is 187 Å². The Morgan fingerprint density at radius 3 is 1.00 bits per heavy atom. The van der Waals surface area contributed by atoms with E-state index in [2.05, 4.69) is 4.31 Å². The van der Waals surface area contributed by atoms with Gasteiger partial charge in [-0.3, -0.25) is 0 Å². The third-order valence-electron chi connectivity index (χ3n) is 0.213. The minimum absolute atomic E-state index is 0. The summed E-state index contributed by atoms with van der Waals surface area (Å²) in [5, 5.41) is 0. The zero-order chi connectivity index (χ0) is 7.71. The average molecular weight is 329 g/mol. The molecule has 0 radical (unpaired) electrons. The van der Waals surface area contributed by atoms with Crippen LogP contribution in [0.5, 0.6) is 0 Å². The fraction of sp³-hybridized carbons (Fsp3) is 0. The quantitative estimate of drug-likeness (QED) is 0.340. The van der Waals surface area contributed by atoms with Crippen LogP contribution >= 0.6 is 40.5 Å². The fourth-order valence-electron chi connectivity index (χ4n) is 0.139. The molecule has 0 saturated carbocycles. The molecule has 0 aliphatic carbocycles. The molecule has 14 heteroatoms. The van der Waals surface area contributed by atoms with Crippen LogP contribution in [-0.2, 0) is 13.4 Å². The summed E-state index contributed by atoms with van der Waals surface area (Å²) in [6.45, 7) is 0. The molecule has 0 saturated heterocycles. The molecule has 0 aromatic carbocycles. The first-order valence-electron chi connectivity index (χ1n) is 1.53. The number of hydrogen-bond acceptors (Lipinski definition) is 3. The first-order chi connectivity index (χ1) is 3.71. The summed E-state index contributed by atoms with van der Waals surface area (Å²) in [5.74, 6) is 0. The van der Waals surface area contributed by atoms with Crippen molar-refractivity contribution < 1.29 is 46.8 Å². The number of rotatable bonds is 2. The number of hydrogen-bond donors (Lipinski definition) is 4. The summed E-state index contributed by atoms with van der Waals surface area (Å²) in [4.78, 5) is 31.0. The Balaban J connectivity index is -0.0000000152. The normalized spacial score (nSPS) is 8.86. The maximum Gasteiger partial charge on any atom is 2.00 e. The molecule has 0 spiro atoms. The van der Waals surface area contributed by atoms with Crippen molar-refractivity contribution in [1.82, 2.24) is 0 Å². The molecular formula is H12CaCl2O9P2. The van der Waals surface area contributed by atoms with Crippen molar-refractivity contribution in [1.29, 1.82) is 0 Å². The Morgan fingerprint density at radius 1 is 0.857 bits per heavy atom. The molecule has 0 unspecified atom stereocenters. The van der Waals surface area contributed by atoms with E-state index in [0.29, 0.717) is 0 Å². The van der Waals surface area contributed by atoms with Crippen molar-refractivity contribution >= 4 is 78.2 Å². The Labute approximate surface area is 124 Å². The van der Waals surface area contributed by atoms with E-state index in [0.717, 1.165) is 0 Å². The van der Waals surface area contributed by atoms with E-state index in [-0.39, 0.29) is 76.4 Å². The molecule has 0 aromatic heterocycles. The van der Waals surface area contributed by atoms with Crippen molar-refractivity contribution in [2.75, 3.05) is 0 Å². The second-order valence-corrected chi connectivity index (χ2v) is 3.68. The molecule has 9 nitrogen and oxygen atoms in total. The molecule has 92 valence electrons. The Hall–Kier alpha value is 2.02. The Kier molecular flexibility index (Phi) is 33.6. The van der Waals surface area contributed by atoms with Crippen molar-refractivity contribution in [3.8, 4) is 0 Å². The number of halogens is 2. The molecule has 0 aliphatic heterocycles. The van der Waals surface area contributed by atoms with Crippen molar-refractivity contribution in [2.24, 2.45) is 0 Å². The Morgan fingerprint density at radius 2 is 1.00 bits per heavy atom. The summed E-state index contributed by atoms with van der Waals surface area (Å²) < 4.78 is 22.2. The van der Waals surface area contributed by atoms with E-state index in [9.17, 15) is 9.13 Å². The van der Waals surface area contributed by atoms with E-state index in [1.165, 1.54) is 0 Å². The first-order valence-corrected chi connectivity index (χ1v) is 4.59. The zero-order valence-corrected chi connectivity index (χ0v) is 12.1. The largest absolute Gasteiger partial charge is 2.00 e. The van der Waals surface area contributed by atoms with Gasteiger partial charge in [0, 0.05) is 0 Å². The molecule has 14 heavy (non-hydrogen) atoms. The average Bonchev–Trinajstić information content (AvgIpc) is 1.14. The smallest absolute Gasteiger partial charge is 1.00 e. The van der Waals surface area contributed by atoms with Gasteiger partial charge in [-0.15, -0.1) is 24.8 Å². The van der Waals surface area contributed by atoms with Crippen molar-refractivity contribution in [3.05, 3.63) is 0 Å². The van der Waals surface area contributed by atoms with E-state index < -0.39 is 15.6 Å². The molecule has 0 rings (SSSR count). The third-order valence-corrected chi connectivity index (χ3v) is 1.91. The van der Waals surface area contributed by atoms with Crippen LogP contribution in [-0.4, -0.2) is 68.3 Å². The minimum atomic E-state index is -5.05. The van der Waals surface area contributed by atoms with E-state index in [1.54, 1.807) is 0 Å². The van der Waals surface area contributed by atoms with Crippen LogP contribution < -0.4 is 0 Å². The van der Waals surface area contributed by atoms with Gasteiger partial charge in [-0.2, -0.15) is 4.31 Å². The van der Waals surface area contributed by atoms with Crippen LogP contribution in [0.25, 0.3) is 0 Å². The number of phosphoric acid groups is 2. The molecule has 0 heterocycles. The summed E-state index contributed by atoms with van der Waals surface area (Å²) >= 11 is 0. The standard InChI is InChI=1S/Ca.2ClH.H4O7P2.2H2O.2H/c;;;1-8(2,3)7-9(4,5)6;;;;/h;2*1H;(H2,1,2,3)(H2,4,5,6);2*1H2;;/q+2;;;;;;2*-1. The van der Waals surface area contributed by atoms with Gasteiger partial charge in [0.25, 0.3) is 0 Å². The van der Waals surface area contributed by atoms with Gasteiger partial charge in [0.1, 0.15) is 0 Å². The molecule has 0 aromatic rings. The van der Waals surface area contributed by atoms with Gasteiger partial charge < -0.3 is 33.4 Å². The first kappa shape index (κ1) is 36.0. The van der Waals surface area contributed by atoms with Crippen molar-refractivity contribution in [2.45, 2.75) is 0 Å². The second-order valence-electron chi connectivity index (χ2n) is 1.06. The van der Waals surface area contributed by atoms with Gasteiger partial charge in [0.2, 0.25) is 0 Å². The fourth-order valence-corrected chi connectivity index (χ4v) is 1.25. The van der Waals surface area contributed by atoms with Crippen LogP contribution in [0.4, 0.5) is 0 Å². The zero-order valence-electron chi connectivity index (χ0n) is 8.43. The predicted molar refractivity (Wildman–Crippen MR) is 54.9 cm³/mol. The third kappa shape index (κ3) is 37.0. The maximum absolute atomic E-state index is 9.63. The molecule has 0 amide bonds. The van der Waals surface area contributed by atoms with E-state index >= 15 is 0 Å². The molecular weight excluding hydrogens is 317 g/mol. The predicted octanol–water partition coefficient (Wildman–Crippen LogP) is -1.77. The van der Waals surface area contributed by atoms with Crippen LogP contribution in [0.3, 0.4) is 0 Å². The summed E-state index contributed by atoms with van der Waals surface area (Å²) in [7, 11) is -10.1. The van der Waals surface area contributed by atoms with Gasteiger partial charge in [-0.1, -0.05) is 0 Å². The van der Waals surface area contributed by atoms with Gasteiger partial charge in [-0.25, -0.2) is 9.13 Å². The monoisotopic (exact) mass is 328 g/mol.